The van der Waals surface area contributed by atoms with Gasteiger partial charge in [-0.2, -0.15) is 4.98 Å². The predicted octanol–water partition coefficient (Wildman–Crippen LogP) is 4.34. The van der Waals surface area contributed by atoms with Gasteiger partial charge in [0, 0.05) is 29.9 Å². The molecule has 1 aliphatic rings. The van der Waals surface area contributed by atoms with E-state index < -0.39 is 0 Å². The molecule has 3 aromatic carbocycles. The quantitative estimate of drug-likeness (QED) is 0.278. The van der Waals surface area contributed by atoms with Crippen LogP contribution in [0.1, 0.15) is 15.9 Å². The third kappa shape index (κ3) is 6.44. The van der Waals surface area contributed by atoms with Gasteiger partial charge in [-0.3, -0.25) is 9.59 Å². The Balaban J connectivity index is 1.13. The maximum atomic E-state index is 13.1. The fraction of sp³-hybridized carbons (Fsp3) is 0.194. The summed E-state index contributed by atoms with van der Waals surface area (Å²) in [5.41, 5.74) is 4.52. The summed E-state index contributed by atoms with van der Waals surface area (Å²) in [5.74, 6) is 0.187. The van der Waals surface area contributed by atoms with Crippen molar-refractivity contribution in [2.24, 2.45) is 0 Å². The number of rotatable bonds is 8. The molecule has 12 heteroatoms. The molecule has 11 nitrogen and oxygen atoms in total. The minimum absolute atomic E-state index is 0.0730. The Bertz CT molecular complexity index is 1770. The molecule has 0 aliphatic carbocycles. The van der Waals surface area contributed by atoms with Gasteiger partial charge in [-0.15, -0.1) is 14.8 Å². The number of benzene rings is 3. The van der Waals surface area contributed by atoms with E-state index in [4.69, 9.17) is 9.47 Å². The van der Waals surface area contributed by atoms with Crippen molar-refractivity contribution in [1.29, 1.82) is 0 Å². The van der Waals surface area contributed by atoms with E-state index in [1.54, 1.807) is 53.4 Å². The molecule has 0 bridgehead atoms. The van der Waals surface area contributed by atoms with Gasteiger partial charge in [-0.05, 0) is 60.2 Å². The Labute approximate surface area is 246 Å². The lowest BCUT2D eigenvalue weighted by Gasteiger charge is -2.27. The molecular formula is C31H28FN7O4. The van der Waals surface area contributed by atoms with Crippen LogP contribution in [-0.4, -0.2) is 69.9 Å². The number of nitrogens with zero attached hydrogens (tertiary/aromatic N) is 5. The average molecular weight is 582 g/mol. The molecule has 0 atom stereocenters. The van der Waals surface area contributed by atoms with E-state index in [1.165, 1.54) is 23.9 Å². The van der Waals surface area contributed by atoms with E-state index >= 15 is 0 Å². The van der Waals surface area contributed by atoms with E-state index in [2.05, 4.69) is 25.8 Å². The Morgan fingerprint density at radius 3 is 2.47 bits per heavy atom. The summed E-state index contributed by atoms with van der Waals surface area (Å²) < 4.78 is 25.4. The van der Waals surface area contributed by atoms with Gasteiger partial charge in [-0.25, -0.2) is 4.39 Å². The van der Waals surface area contributed by atoms with Crippen LogP contribution in [0, 0.1) is 5.82 Å². The zero-order valence-corrected chi connectivity index (χ0v) is 23.3. The largest absolute Gasteiger partial charge is 0.495 e. The van der Waals surface area contributed by atoms with Gasteiger partial charge in [-0.1, -0.05) is 24.3 Å². The van der Waals surface area contributed by atoms with Gasteiger partial charge in [0.1, 0.15) is 11.6 Å². The average Bonchev–Trinajstić information content (AvgIpc) is 3.44. The normalized spacial score (nSPS) is 13.1. The second kappa shape index (κ2) is 12.2. The van der Waals surface area contributed by atoms with Gasteiger partial charge >= 0.3 is 0 Å². The summed E-state index contributed by atoms with van der Waals surface area (Å²) in [6.07, 6.45) is 0.144. The first kappa shape index (κ1) is 27.8. The zero-order chi connectivity index (χ0) is 29.8. The van der Waals surface area contributed by atoms with E-state index in [-0.39, 0.29) is 24.1 Å². The summed E-state index contributed by atoms with van der Waals surface area (Å²) in [6.45, 7) is 2.17. The molecule has 218 valence electrons. The van der Waals surface area contributed by atoms with Crippen molar-refractivity contribution < 1.29 is 23.5 Å². The number of hydrogen-bond acceptors (Lipinski definition) is 8. The number of ether oxygens (including phenoxy) is 2. The standard InChI is InChI=1S/C31H28FN7O4/c1-42-27-19-22(30(41)38-14-16-43-17-15-38)6-11-26(27)34-31-35-28-13-12-25(36-39(28)37-31)21-4-9-24(10-5-21)33-29(40)18-20-2-7-23(32)8-3-20/h2-13,19H,14-18H2,1H3,(H,33,40)(H,34,37). The zero-order valence-electron chi connectivity index (χ0n) is 23.3. The summed E-state index contributed by atoms with van der Waals surface area (Å²) >= 11 is 0. The molecule has 6 rings (SSSR count). The molecule has 0 saturated carbocycles. The molecule has 2 aromatic heterocycles. The van der Waals surface area contributed by atoms with Gasteiger partial charge in [0.15, 0.2) is 5.65 Å². The third-order valence-corrected chi connectivity index (χ3v) is 6.94. The number of hydrogen-bond donors (Lipinski definition) is 2. The summed E-state index contributed by atoms with van der Waals surface area (Å²) in [4.78, 5) is 31.5. The summed E-state index contributed by atoms with van der Waals surface area (Å²) in [6, 6.07) is 22.0. The lowest BCUT2D eigenvalue weighted by atomic mass is 10.1. The molecular weight excluding hydrogens is 553 g/mol. The van der Waals surface area contributed by atoms with Crippen LogP contribution in [0.25, 0.3) is 16.9 Å². The maximum Gasteiger partial charge on any atom is 0.254 e. The van der Waals surface area contributed by atoms with Gasteiger partial charge in [0.05, 0.1) is 38.1 Å². The topological polar surface area (TPSA) is 123 Å². The third-order valence-electron chi connectivity index (χ3n) is 6.94. The molecule has 1 aliphatic heterocycles. The number of fused-ring (bicyclic) bond motifs is 1. The first-order valence-electron chi connectivity index (χ1n) is 13.7. The number of carbonyl (C=O) groups excluding carboxylic acids is 2. The van der Waals surface area contributed by atoms with Crippen molar-refractivity contribution in [2.75, 3.05) is 44.0 Å². The molecule has 0 spiro atoms. The molecule has 5 aromatic rings. The Morgan fingerprint density at radius 2 is 1.72 bits per heavy atom. The molecule has 2 N–H and O–H groups in total. The van der Waals surface area contributed by atoms with E-state index in [9.17, 15) is 14.0 Å². The number of morpholine rings is 1. The smallest absolute Gasteiger partial charge is 0.254 e. The number of nitrogens with one attached hydrogen (secondary N) is 2. The monoisotopic (exact) mass is 581 g/mol. The van der Waals surface area contributed by atoms with Gasteiger partial charge < -0.3 is 25.0 Å². The predicted molar refractivity (Wildman–Crippen MR) is 158 cm³/mol. The number of methoxy groups -OCH3 is 1. The van der Waals surface area contributed by atoms with Gasteiger partial charge in [0.2, 0.25) is 11.9 Å². The molecule has 1 saturated heterocycles. The van der Waals surface area contributed by atoms with Crippen molar-refractivity contribution >= 4 is 34.8 Å². The van der Waals surface area contributed by atoms with Crippen LogP contribution in [-0.2, 0) is 16.0 Å². The highest BCUT2D eigenvalue weighted by Gasteiger charge is 2.20. The highest BCUT2D eigenvalue weighted by molar-refractivity contribution is 5.95. The van der Waals surface area contributed by atoms with Crippen LogP contribution in [0.3, 0.4) is 0 Å². The highest BCUT2D eigenvalue weighted by Crippen LogP contribution is 2.29. The summed E-state index contributed by atoms with van der Waals surface area (Å²) in [5, 5.41) is 15.0. The number of halogens is 1. The number of carbonyl (C=O) groups is 2. The van der Waals surface area contributed by atoms with E-state index in [1.807, 2.05) is 18.2 Å². The van der Waals surface area contributed by atoms with Crippen LogP contribution >= 0.6 is 0 Å². The minimum atomic E-state index is -0.339. The molecule has 43 heavy (non-hydrogen) atoms. The second-order valence-electron chi connectivity index (χ2n) is 9.88. The van der Waals surface area contributed by atoms with E-state index in [0.29, 0.717) is 66.3 Å². The number of anilines is 3. The van der Waals surface area contributed by atoms with Crippen molar-refractivity contribution in [1.82, 2.24) is 24.7 Å². The fourth-order valence-electron chi connectivity index (χ4n) is 4.70. The Kier molecular flexibility index (Phi) is 7.92. The van der Waals surface area contributed by atoms with Crippen LogP contribution < -0.4 is 15.4 Å². The SMILES string of the molecule is COc1cc(C(=O)N2CCOCC2)ccc1Nc1nc2ccc(-c3ccc(NC(=O)Cc4ccc(F)cc4)cc3)nn2n1. The van der Waals surface area contributed by atoms with Gasteiger partial charge in [0.25, 0.3) is 5.91 Å². The van der Waals surface area contributed by atoms with Crippen molar-refractivity contribution in [3.05, 3.63) is 95.8 Å². The number of amides is 2. The maximum absolute atomic E-state index is 13.1. The number of aromatic nitrogens is 4. The minimum Gasteiger partial charge on any atom is -0.495 e. The molecule has 0 radical (unpaired) electrons. The second-order valence-corrected chi connectivity index (χ2v) is 9.88. The van der Waals surface area contributed by atoms with Crippen LogP contribution in [0.5, 0.6) is 5.75 Å². The molecule has 0 unspecified atom stereocenters. The molecule has 2 amide bonds. The van der Waals surface area contributed by atoms with Crippen molar-refractivity contribution in [3.8, 4) is 17.0 Å². The van der Waals surface area contributed by atoms with E-state index in [0.717, 1.165) is 11.1 Å². The summed E-state index contributed by atoms with van der Waals surface area (Å²) in [7, 11) is 1.54. The van der Waals surface area contributed by atoms with Crippen molar-refractivity contribution in [2.45, 2.75) is 6.42 Å². The van der Waals surface area contributed by atoms with Crippen LogP contribution in [0.15, 0.2) is 78.9 Å². The molecule has 1 fully saturated rings. The van der Waals surface area contributed by atoms with Crippen LogP contribution in [0.2, 0.25) is 0 Å². The lowest BCUT2D eigenvalue weighted by Crippen LogP contribution is -2.40. The Morgan fingerprint density at radius 1 is 0.953 bits per heavy atom. The first-order valence-corrected chi connectivity index (χ1v) is 13.7. The molecule has 3 heterocycles. The fourth-order valence-corrected chi connectivity index (χ4v) is 4.70. The highest BCUT2D eigenvalue weighted by atomic mass is 19.1. The first-order chi connectivity index (χ1) is 20.9. The Hall–Kier alpha value is -5.36. The van der Waals surface area contributed by atoms with Crippen LogP contribution in [0.4, 0.5) is 21.7 Å². The van der Waals surface area contributed by atoms with Crippen molar-refractivity contribution in [3.63, 3.8) is 0 Å². The lowest BCUT2D eigenvalue weighted by molar-refractivity contribution is -0.115.